The molecule has 0 aliphatic carbocycles. The lowest BCUT2D eigenvalue weighted by Crippen LogP contribution is -2.29. The lowest BCUT2D eigenvalue weighted by Gasteiger charge is -2.15. The van der Waals surface area contributed by atoms with Gasteiger partial charge in [-0.3, -0.25) is 9.78 Å². The van der Waals surface area contributed by atoms with Crippen molar-refractivity contribution in [2.45, 2.75) is 19.4 Å². The number of amides is 1. The number of aryl methyl sites for hydroxylation is 1. The molecule has 0 saturated carbocycles. The number of hydrogen-bond donors (Lipinski definition) is 0. The predicted octanol–water partition coefficient (Wildman–Crippen LogP) is 1.71. The highest BCUT2D eigenvalue weighted by molar-refractivity contribution is 5.94. The van der Waals surface area contributed by atoms with Crippen molar-refractivity contribution in [2.24, 2.45) is 5.92 Å². The largest absolute Gasteiger partial charge is 0.379 e. The summed E-state index contributed by atoms with van der Waals surface area (Å²) in [5, 5.41) is 3.91. The van der Waals surface area contributed by atoms with Gasteiger partial charge in [0.2, 0.25) is 0 Å². The van der Waals surface area contributed by atoms with E-state index >= 15 is 0 Å². The van der Waals surface area contributed by atoms with Crippen LogP contribution in [0.15, 0.2) is 35.1 Å². The minimum absolute atomic E-state index is 0.0104. The van der Waals surface area contributed by atoms with E-state index in [1.807, 2.05) is 17.9 Å². The molecule has 1 fully saturated rings. The second-order valence-electron chi connectivity index (χ2n) is 5.62. The molecular weight excluding hydrogens is 282 g/mol. The Morgan fingerprint density at radius 3 is 2.82 bits per heavy atom. The Hall–Kier alpha value is -2.21. The monoisotopic (exact) mass is 301 g/mol. The first kappa shape index (κ1) is 14.7. The fraction of sp³-hybridized carbons (Fsp3) is 0.438. The summed E-state index contributed by atoms with van der Waals surface area (Å²) in [7, 11) is 1.68. The Bertz CT molecular complexity index is 641. The summed E-state index contributed by atoms with van der Waals surface area (Å²) >= 11 is 0. The summed E-state index contributed by atoms with van der Waals surface area (Å²) in [5.74, 6) is 1.06. The maximum Gasteiger partial charge on any atom is 0.254 e. The standard InChI is InChI=1S/C16H19N3O3/c1-11-7-14(22-18-11)8-13-9-19(10-15(13)21-2)16(20)12-3-5-17-6-4-12/h3-7,13,15H,8-10H2,1-2H3. The predicted molar refractivity (Wildman–Crippen MR) is 79.4 cm³/mol. The van der Waals surface area contributed by atoms with Crippen LogP contribution >= 0.6 is 0 Å². The van der Waals surface area contributed by atoms with Crippen LogP contribution in [-0.2, 0) is 11.2 Å². The SMILES string of the molecule is COC1CN(C(=O)c2ccncc2)CC1Cc1cc(C)no1. The van der Waals surface area contributed by atoms with Crippen molar-refractivity contribution in [1.29, 1.82) is 0 Å². The molecule has 0 radical (unpaired) electrons. The zero-order valence-electron chi connectivity index (χ0n) is 12.7. The number of carbonyl (C=O) groups excluding carboxylic acids is 1. The molecule has 1 amide bonds. The quantitative estimate of drug-likeness (QED) is 0.860. The van der Waals surface area contributed by atoms with Crippen LogP contribution in [0.5, 0.6) is 0 Å². The van der Waals surface area contributed by atoms with Gasteiger partial charge in [0.25, 0.3) is 5.91 Å². The van der Waals surface area contributed by atoms with Crippen LogP contribution in [-0.4, -0.2) is 47.3 Å². The van der Waals surface area contributed by atoms with E-state index in [4.69, 9.17) is 9.26 Å². The molecule has 22 heavy (non-hydrogen) atoms. The van der Waals surface area contributed by atoms with Gasteiger partial charge in [-0.25, -0.2) is 0 Å². The van der Waals surface area contributed by atoms with Gasteiger partial charge in [0, 0.05) is 56.6 Å². The maximum atomic E-state index is 12.5. The van der Waals surface area contributed by atoms with Crippen molar-refractivity contribution in [3.63, 3.8) is 0 Å². The summed E-state index contributed by atoms with van der Waals surface area (Å²) in [6, 6.07) is 5.40. The molecule has 116 valence electrons. The number of methoxy groups -OCH3 is 1. The highest BCUT2D eigenvalue weighted by Gasteiger charge is 2.36. The second-order valence-corrected chi connectivity index (χ2v) is 5.62. The summed E-state index contributed by atoms with van der Waals surface area (Å²) in [5.41, 5.74) is 1.52. The van der Waals surface area contributed by atoms with Crippen LogP contribution < -0.4 is 0 Å². The van der Waals surface area contributed by atoms with Crippen molar-refractivity contribution in [3.05, 3.63) is 47.6 Å². The molecule has 0 spiro atoms. The third kappa shape index (κ3) is 3.01. The van der Waals surface area contributed by atoms with E-state index in [-0.39, 0.29) is 17.9 Å². The van der Waals surface area contributed by atoms with Gasteiger partial charge in [0.15, 0.2) is 0 Å². The molecule has 6 nitrogen and oxygen atoms in total. The van der Waals surface area contributed by atoms with Crippen LogP contribution in [0.4, 0.5) is 0 Å². The third-order valence-electron chi connectivity index (χ3n) is 4.04. The molecule has 0 bridgehead atoms. The number of pyridine rings is 1. The number of hydrogen-bond acceptors (Lipinski definition) is 5. The fourth-order valence-electron chi connectivity index (χ4n) is 2.92. The number of carbonyl (C=O) groups is 1. The topological polar surface area (TPSA) is 68.5 Å². The minimum atomic E-state index is 0.0104. The molecule has 1 aliphatic rings. The van der Waals surface area contributed by atoms with Crippen LogP contribution in [0.25, 0.3) is 0 Å². The minimum Gasteiger partial charge on any atom is -0.379 e. The Morgan fingerprint density at radius 2 is 2.18 bits per heavy atom. The van der Waals surface area contributed by atoms with Crippen molar-refractivity contribution in [2.75, 3.05) is 20.2 Å². The van der Waals surface area contributed by atoms with Crippen molar-refractivity contribution >= 4 is 5.91 Å². The van der Waals surface area contributed by atoms with Crippen molar-refractivity contribution in [3.8, 4) is 0 Å². The number of aromatic nitrogens is 2. The summed E-state index contributed by atoms with van der Waals surface area (Å²) in [6.07, 6.45) is 3.99. The van der Waals surface area contributed by atoms with Gasteiger partial charge >= 0.3 is 0 Å². The molecule has 2 aromatic heterocycles. The first-order valence-corrected chi connectivity index (χ1v) is 7.31. The zero-order chi connectivity index (χ0) is 15.5. The van der Waals surface area contributed by atoms with Gasteiger partial charge in [-0.2, -0.15) is 0 Å². The number of ether oxygens (including phenoxy) is 1. The first-order valence-electron chi connectivity index (χ1n) is 7.31. The van der Waals surface area contributed by atoms with Gasteiger partial charge in [-0.05, 0) is 19.1 Å². The Morgan fingerprint density at radius 1 is 1.41 bits per heavy atom. The molecule has 1 aliphatic heterocycles. The van der Waals surface area contributed by atoms with Crippen molar-refractivity contribution in [1.82, 2.24) is 15.0 Å². The molecule has 0 N–H and O–H groups in total. The van der Waals surface area contributed by atoms with E-state index in [1.165, 1.54) is 0 Å². The lowest BCUT2D eigenvalue weighted by molar-refractivity contribution is 0.0672. The highest BCUT2D eigenvalue weighted by atomic mass is 16.5. The molecule has 1 saturated heterocycles. The van der Waals surface area contributed by atoms with E-state index in [1.54, 1.807) is 31.6 Å². The van der Waals surface area contributed by atoms with E-state index < -0.39 is 0 Å². The number of likely N-dealkylation sites (tertiary alicyclic amines) is 1. The van der Waals surface area contributed by atoms with E-state index in [0.717, 1.165) is 17.9 Å². The van der Waals surface area contributed by atoms with Gasteiger partial charge < -0.3 is 14.2 Å². The molecule has 3 rings (SSSR count). The van der Waals surface area contributed by atoms with Gasteiger partial charge in [0.05, 0.1) is 11.8 Å². The van der Waals surface area contributed by atoms with Gasteiger partial charge in [0.1, 0.15) is 5.76 Å². The smallest absolute Gasteiger partial charge is 0.254 e. The third-order valence-corrected chi connectivity index (χ3v) is 4.04. The highest BCUT2D eigenvalue weighted by Crippen LogP contribution is 2.25. The number of nitrogens with zero attached hydrogens (tertiary/aromatic N) is 3. The zero-order valence-corrected chi connectivity index (χ0v) is 12.7. The molecule has 2 aromatic rings. The molecule has 6 heteroatoms. The molecule has 2 unspecified atom stereocenters. The average Bonchev–Trinajstić information content (AvgIpc) is 3.14. The summed E-state index contributed by atoms with van der Waals surface area (Å²) < 4.78 is 10.8. The molecular formula is C16H19N3O3. The fourth-order valence-corrected chi connectivity index (χ4v) is 2.92. The second kappa shape index (κ2) is 6.27. The van der Waals surface area contributed by atoms with Crippen LogP contribution in [0.3, 0.4) is 0 Å². The molecule has 3 heterocycles. The van der Waals surface area contributed by atoms with E-state index in [9.17, 15) is 4.79 Å². The van der Waals surface area contributed by atoms with Crippen LogP contribution in [0.2, 0.25) is 0 Å². The van der Waals surface area contributed by atoms with Gasteiger partial charge in [-0.15, -0.1) is 0 Å². The first-order chi connectivity index (χ1) is 10.7. The molecule has 2 atom stereocenters. The molecule has 0 aromatic carbocycles. The van der Waals surface area contributed by atoms with E-state index in [0.29, 0.717) is 18.7 Å². The van der Waals surface area contributed by atoms with Crippen molar-refractivity contribution < 1.29 is 14.1 Å². The Labute approximate surface area is 129 Å². The van der Waals surface area contributed by atoms with Crippen LogP contribution in [0.1, 0.15) is 21.8 Å². The van der Waals surface area contributed by atoms with Crippen LogP contribution in [0, 0.1) is 12.8 Å². The van der Waals surface area contributed by atoms with Gasteiger partial charge in [-0.1, -0.05) is 5.16 Å². The number of rotatable bonds is 4. The normalized spacial score (nSPS) is 21.3. The van der Waals surface area contributed by atoms with E-state index in [2.05, 4.69) is 10.1 Å². The summed E-state index contributed by atoms with van der Waals surface area (Å²) in [6.45, 7) is 3.14. The summed E-state index contributed by atoms with van der Waals surface area (Å²) in [4.78, 5) is 18.3. The average molecular weight is 301 g/mol. The maximum absolute atomic E-state index is 12.5. The Balaban J connectivity index is 1.70. The Kier molecular flexibility index (Phi) is 4.20. The lowest BCUT2D eigenvalue weighted by atomic mass is 10.0.